The highest BCUT2D eigenvalue weighted by atomic mass is 16.5. The monoisotopic (exact) mass is 317 g/mol. The van der Waals surface area contributed by atoms with Crippen molar-refractivity contribution in [1.29, 1.82) is 0 Å². The number of para-hydroxylation sites is 1. The highest BCUT2D eigenvalue weighted by Gasteiger charge is 2.08. The number of esters is 1. The maximum absolute atomic E-state index is 11.7. The van der Waals surface area contributed by atoms with Crippen LogP contribution in [0.4, 0.5) is 0 Å². The van der Waals surface area contributed by atoms with Crippen LogP contribution in [-0.2, 0) is 14.3 Å². The Morgan fingerprint density at radius 1 is 1.22 bits per heavy atom. The van der Waals surface area contributed by atoms with E-state index in [1.165, 1.54) is 6.33 Å². The van der Waals surface area contributed by atoms with Crippen LogP contribution in [0.2, 0.25) is 0 Å². The molecule has 1 aromatic carbocycles. The van der Waals surface area contributed by atoms with Gasteiger partial charge in [-0.3, -0.25) is 9.59 Å². The molecule has 0 aliphatic carbocycles. The molecule has 1 N–H and O–H groups in total. The van der Waals surface area contributed by atoms with E-state index >= 15 is 0 Å². The molecule has 0 fully saturated rings. The fourth-order valence-electron chi connectivity index (χ4n) is 1.97. The Labute approximate surface area is 134 Å². The van der Waals surface area contributed by atoms with Gasteiger partial charge in [-0.1, -0.05) is 12.1 Å². The van der Waals surface area contributed by atoms with Gasteiger partial charge in [-0.15, -0.1) is 0 Å². The Morgan fingerprint density at radius 3 is 2.87 bits per heavy atom. The minimum absolute atomic E-state index is 0.138. The number of nitrogens with zero attached hydrogens (tertiary/aromatic N) is 2. The number of carbonyl (C=O) groups excluding carboxylic acids is 2. The molecular weight excluding hydrogens is 298 g/mol. The van der Waals surface area contributed by atoms with Crippen LogP contribution in [-0.4, -0.2) is 41.6 Å². The van der Waals surface area contributed by atoms with Gasteiger partial charge in [-0.25, -0.2) is 9.97 Å². The molecule has 1 amide bonds. The number of carbonyl (C=O) groups is 2. The van der Waals surface area contributed by atoms with E-state index in [0.29, 0.717) is 25.5 Å². The summed E-state index contributed by atoms with van der Waals surface area (Å²) in [6, 6.07) is 7.41. The van der Waals surface area contributed by atoms with Crippen molar-refractivity contribution in [2.45, 2.75) is 19.8 Å². The molecule has 0 radical (unpaired) electrons. The van der Waals surface area contributed by atoms with Crippen molar-refractivity contribution < 1.29 is 19.1 Å². The Bertz CT molecular complexity index is 670. The fraction of sp³-hybridized carbons (Fsp3) is 0.375. The van der Waals surface area contributed by atoms with Crippen molar-refractivity contribution in [3.8, 4) is 5.88 Å². The summed E-state index contributed by atoms with van der Waals surface area (Å²) in [7, 11) is 0. The number of fused-ring (bicyclic) bond motifs is 1. The molecule has 1 aromatic heterocycles. The first-order valence-corrected chi connectivity index (χ1v) is 7.45. The van der Waals surface area contributed by atoms with Crippen LogP contribution in [0.3, 0.4) is 0 Å². The predicted octanol–water partition coefficient (Wildman–Crippen LogP) is 1.47. The van der Waals surface area contributed by atoms with Crippen molar-refractivity contribution in [3.63, 3.8) is 0 Å². The summed E-state index contributed by atoms with van der Waals surface area (Å²) in [5, 5.41) is 3.44. The summed E-state index contributed by atoms with van der Waals surface area (Å²) in [5.41, 5.74) is 0.757. The molecule has 2 rings (SSSR count). The average Bonchev–Trinajstić information content (AvgIpc) is 2.57. The Kier molecular flexibility index (Phi) is 6.28. The van der Waals surface area contributed by atoms with Gasteiger partial charge in [0.05, 0.1) is 17.5 Å². The lowest BCUT2D eigenvalue weighted by atomic mass is 10.2. The van der Waals surface area contributed by atoms with Crippen molar-refractivity contribution in [3.05, 3.63) is 30.6 Å². The third kappa shape index (κ3) is 5.21. The van der Waals surface area contributed by atoms with Gasteiger partial charge in [-0.05, 0) is 25.5 Å². The van der Waals surface area contributed by atoms with E-state index in [-0.39, 0.29) is 24.9 Å². The van der Waals surface area contributed by atoms with Crippen LogP contribution < -0.4 is 10.1 Å². The van der Waals surface area contributed by atoms with Gasteiger partial charge in [0.2, 0.25) is 5.88 Å². The molecular formula is C16H19N3O4. The van der Waals surface area contributed by atoms with Crippen LogP contribution in [0.5, 0.6) is 5.88 Å². The van der Waals surface area contributed by atoms with E-state index in [4.69, 9.17) is 9.47 Å². The van der Waals surface area contributed by atoms with Crippen LogP contribution in [0.1, 0.15) is 19.8 Å². The first kappa shape index (κ1) is 16.7. The second-order valence-corrected chi connectivity index (χ2v) is 4.74. The van der Waals surface area contributed by atoms with Crippen molar-refractivity contribution in [2.75, 3.05) is 19.8 Å². The maximum Gasteiger partial charge on any atom is 0.305 e. The molecule has 1 heterocycles. The number of hydrogen-bond acceptors (Lipinski definition) is 6. The Morgan fingerprint density at radius 2 is 2.04 bits per heavy atom. The van der Waals surface area contributed by atoms with Crippen molar-refractivity contribution >= 4 is 22.8 Å². The minimum Gasteiger partial charge on any atom is -0.467 e. The summed E-state index contributed by atoms with van der Waals surface area (Å²) >= 11 is 0. The van der Waals surface area contributed by atoms with Gasteiger partial charge in [0.1, 0.15) is 6.33 Å². The average molecular weight is 317 g/mol. The summed E-state index contributed by atoms with van der Waals surface area (Å²) in [4.78, 5) is 31.0. The van der Waals surface area contributed by atoms with Crippen LogP contribution in [0, 0.1) is 0 Å². The number of rotatable bonds is 8. The molecule has 0 aliphatic rings. The summed E-state index contributed by atoms with van der Waals surface area (Å²) < 4.78 is 10.2. The molecule has 0 spiro atoms. The van der Waals surface area contributed by atoms with Gasteiger partial charge < -0.3 is 14.8 Å². The Hall–Kier alpha value is -2.70. The van der Waals surface area contributed by atoms with Gasteiger partial charge in [0, 0.05) is 13.0 Å². The second kappa shape index (κ2) is 8.67. The molecule has 23 heavy (non-hydrogen) atoms. The van der Waals surface area contributed by atoms with Gasteiger partial charge in [0.25, 0.3) is 5.91 Å². The molecule has 0 bridgehead atoms. The van der Waals surface area contributed by atoms with E-state index in [1.54, 1.807) is 6.92 Å². The second-order valence-electron chi connectivity index (χ2n) is 4.74. The van der Waals surface area contributed by atoms with Gasteiger partial charge >= 0.3 is 5.97 Å². The molecule has 122 valence electrons. The summed E-state index contributed by atoms with van der Waals surface area (Å²) in [5.74, 6) is -0.153. The van der Waals surface area contributed by atoms with E-state index < -0.39 is 0 Å². The molecule has 7 heteroatoms. The third-order valence-corrected chi connectivity index (χ3v) is 3.03. The summed E-state index contributed by atoms with van der Waals surface area (Å²) in [6.45, 7) is 2.38. The minimum atomic E-state index is -0.267. The molecule has 2 aromatic rings. The lowest BCUT2D eigenvalue weighted by molar-refractivity contribution is -0.143. The summed E-state index contributed by atoms with van der Waals surface area (Å²) in [6.07, 6.45) is 2.21. The highest BCUT2D eigenvalue weighted by Crippen LogP contribution is 2.20. The molecule has 0 saturated heterocycles. The van der Waals surface area contributed by atoms with Crippen LogP contribution in [0.15, 0.2) is 30.6 Å². The molecule has 0 unspecified atom stereocenters. The predicted molar refractivity (Wildman–Crippen MR) is 83.9 cm³/mol. The third-order valence-electron chi connectivity index (χ3n) is 3.03. The van der Waals surface area contributed by atoms with E-state index in [2.05, 4.69) is 15.3 Å². The van der Waals surface area contributed by atoms with Crippen LogP contribution in [0.25, 0.3) is 10.9 Å². The number of hydrogen-bond donors (Lipinski definition) is 1. The SMILES string of the molecule is CCOC(=O)CCCNC(=O)COc1ncnc2ccccc12. The molecule has 0 atom stereocenters. The first-order chi connectivity index (χ1) is 11.2. The molecule has 7 nitrogen and oxygen atoms in total. The molecule has 0 aliphatic heterocycles. The fourth-order valence-corrected chi connectivity index (χ4v) is 1.97. The zero-order valence-electron chi connectivity index (χ0n) is 12.9. The topological polar surface area (TPSA) is 90.4 Å². The van der Waals surface area contributed by atoms with Crippen molar-refractivity contribution in [2.24, 2.45) is 0 Å². The lowest BCUT2D eigenvalue weighted by Crippen LogP contribution is -2.30. The number of ether oxygens (including phenoxy) is 2. The van der Waals surface area contributed by atoms with E-state index in [1.807, 2.05) is 24.3 Å². The van der Waals surface area contributed by atoms with E-state index in [0.717, 1.165) is 10.9 Å². The Balaban J connectivity index is 1.75. The normalized spacial score (nSPS) is 10.3. The smallest absolute Gasteiger partial charge is 0.305 e. The first-order valence-electron chi connectivity index (χ1n) is 7.45. The number of amides is 1. The quantitative estimate of drug-likeness (QED) is 0.585. The largest absolute Gasteiger partial charge is 0.467 e. The van der Waals surface area contributed by atoms with Crippen LogP contribution >= 0.6 is 0 Å². The molecule has 0 saturated carbocycles. The number of benzene rings is 1. The zero-order chi connectivity index (χ0) is 16.5. The highest BCUT2D eigenvalue weighted by molar-refractivity contribution is 5.84. The lowest BCUT2D eigenvalue weighted by Gasteiger charge is -2.08. The van der Waals surface area contributed by atoms with Gasteiger partial charge in [0.15, 0.2) is 6.61 Å². The van der Waals surface area contributed by atoms with Crippen molar-refractivity contribution in [1.82, 2.24) is 15.3 Å². The van der Waals surface area contributed by atoms with E-state index in [9.17, 15) is 9.59 Å². The number of nitrogens with one attached hydrogen (secondary N) is 1. The maximum atomic E-state index is 11.7. The zero-order valence-corrected chi connectivity index (χ0v) is 12.9. The van der Waals surface area contributed by atoms with Gasteiger partial charge in [-0.2, -0.15) is 0 Å². The standard InChI is InChI=1S/C16H19N3O4/c1-2-22-15(21)8-5-9-17-14(20)10-23-16-12-6-3-4-7-13(12)18-11-19-16/h3-4,6-7,11H,2,5,8-10H2,1H3,(H,17,20). The number of aromatic nitrogens is 2.